The Morgan fingerprint density at radius 3 is 1.66 bits per heavy atom. The summed E-state index contributed by atoms with van der Waals surface area (Å²) < 4.78 is 10.4. The van der Waals surface area contributed by atoms with Gasteiger partial charge in [0.15, 0.2) is 0 Å². The van der Waals surface area contributed by atoms with Crippen molar-refractivity contribution in [2.45, 2.75) is 131 Å². The van der Waals surface area contributed by atoms with Crippen molar-refractivity contribution in [1.82, 2.24) is 19.6 Å². The van der Waals surface area contributed by atoms with E-state index in [0.717, 1.165) is 23.6 Å². The van der Waals surface area contributed by atoms with E-state index < -0.39 is 6.10 Å². The summed E-state index contributed by atoms with van der Waals surface area (Å²) in [7, 11) is 0. The number of nitrogens with zero attached hydrogens (tertiary/aromatic N) is 4. The molecule has 0 aliphatic carbocycles. The lowest BCUT2D eigenvalue weighted by atomic mass is 9.87. The molecule has 35 heavy (non-hydrogen) atoms. The molecular weight excluding hydrogens is 436 g/mol. The molecule has 6 heteroatoms. The average molecular weight is 489 g/mol. The fourth-order valence-electron chi connectivity index (χ4n) is 4.20. The van der Waals surface area contributed by atoms with Crippen LogP contribution in [0.1, 0.15) is 113 Å². The number of hydrogen-bond acceptors (Lipinski definition) is 4. The largest absolute Gasteiger partial charge is 0.391 e. The molecule has 0 amide bonds. The summed E-state index contributed by atoms with van der Waals surface area (Å²) in [5.74, 6) is 0.331. The number of rotatable bonds is 9. The van der Waals surface area contributed by atoms with Crippen LogP contribution in [0, 0.1) is 5.92 Å². The van der Waals surface area contributed by atoms with Crippen molar-refractivity contribution in [2.75, 3.05) is 13.2 Å². The number of aliphatic hydroxyl groups excluding tert-OH is 1. The van der Waals surface area contributed by atoms with Crippen LogP contribution in [0.2, 0.25) is 0 Å². The monoisotopic (exact) mass is 488 g/mol. The Labute approximate surface area is 214 Å². The zero-order chi connectivity index (χ0) is 27.0. The third kappa shape index (κ3) is 7.91. The second-order valence-corrected chi connectivity index (χ2v) is 14.3. The quantitative estimate of drug-likeness (QED) is 0.471. The SMILES string of the molecule is CC(O)Cn1nc(C(C)(C)COCC(C)Cn2nc(C(C)(C)C)cc2C(C)(C)C)cc1C(C)(C)C. The van der Waals surface area contributed by atoms with Crippen LogP contribution in [0.15, 0.2) is 12.1 Å². The van der Waals surface area contributed by atoms with E-state index in [9.17, 15) is 5.11 Å². The molecule has 0 aliphatic rings. The molecule has 0 aliphatic heterocycles. The van der Waals surface area contributed by atoms with E-state index in [4.69, 9.17) is 14.9 Å². The van der Waals surface area contributed by atoms with Gasteiger partial charge in [-0.05, 0) is 25.0 Å². The predicted octanol–water partition coefficient (Wildman–Crippen LogP) is 5.98. The molecule has 2 aromatic rings. The van der Waals surface area contributed by atoms with Gasteiger partial charge in [0, 0.05) is 39.6 Å². The third-order valence-electron chi connectivity index (χ3n) is 6.35. The van der Waals surface area contributed by atoms with Gasteiger partial charge in [0.25, 0.3) is 0 Å². The van der Waals surface area contributed by atoms with Gasteiger partial charge in [-0.2, -0.15) is 10.2 Å². The van der Waals surface area contributed by atoms with Crippen molar-refractivity contribution in [3.8, 4) is 0 Å². The smallest absolute Gasteiger partial charge is 0.0708 e. The molecule has 2 unspecified atom stereocenters. The summed E-state index contributed by atoms with van der Waals surface area (Å²) >= 11 is 0. The maximum Gasteiger partial charge on any atom is 0.0708 e. The maximum absolute atomic E-state index is 9.95. The summed E-state index contributed by atoms with van der Waals surface area (Å²) in [4.78, 5) is 0. The zero-order valence-corrected chi connectivity index (χ0v) is 24.8. The van der Waals surface area contributed by atoms with Crippen molar-refractivity contribution in [3.63, 3.8) is 0 Å². The zero-order valence-electron chi connectivity index (χ0n) is 24.8. The Morgan fingerprint density at radius 1 is 0.743 bits per heavy atom. The van der Waals surface area contributed by atoms with Gasteiger partial charge in [0.1, 0.15) is 0 Å². The molecular formula is C29H52N4O2. The minimum absolute atomic E-state index is 0.0259. The van der Waals surface area contributed by atoms with Gasteiger partial charge in [0.05, 0.1) is 37.3 Å². The highest BCUT2D eigenvalue weighted by atomic mass is 16.5. The molecule has 0 fully saturated rings. The van der Waals surface area contributed by atoms with Gasteiger partial charge in [-0.15, -0.1) is 0 Å². The molecule has 200 valence electrons. The summed E-state index contributed by atoms with van der Waals surface area (Å²) in [5, 5.41) is 19.8. The van der Waals surface area contributed by atoms with E-state index in [1.54, 1.807) is 6.92 Å². The lowest BCUT2D eigenvalue weighted by Gasteiger charge is -2.25. The molecule has 2 rings (SSSR count). The van der Waals surface area contributed by atoms with Crippen LogP contribution in [0.4, 0.5) is 0 Å². The fraction of sp³-hybridized carbons (Fsp3) is 0.793. The molecule has 0 aromatic carbocycles. The van der Waals surface area contributed by atoms with Gasteiger partial charge in [-0.25, -0.2) is 0 Å². The molecule has 0 radical (unpaired) electrons. The molecule has 0 saturated carbocycles. The fourth-order valence-corrected chi connectivity index (χ4v) is 4.20. The second-order valence-electron chi connectivity index (χ2n) is 14.3. The van der Waals surface area contributed by atoms with Crippen LogP contribution in [-0.4, -0.2) is 44.0 Å². The highest BCUT2D eigenvalue weighted by Gasteiger charge is 2.30. The first-order valence-corrected chi connectivity index (χ1v) is 13.2. The lowest BCUT2D eigenvalue weighted by molar-refractivity contribution is 0.0643. The Balaban J connectivity index is 2.10. The Morgan fingerprint density at radius 2 is 1.20 bits per heavy atom. The normalized spacial score (nSPS) is 15.5. The second kappa shape index (κ2) is 10.4. The maximum atomic E-state index is 9.95. The van der Waals surface area contributed by atoms with Crippen molar-refractivity contribution in [1.29, 1.82) is 0 Å². The van der Waals surface area contributed by atoms with Gasteiger partial charge in [-0.1, -0.05) is 83.1 Å². The van der Waals surface area contributed by atoms with Crippen molar-refractivity contribution in [3.05, 3.63) is 34.9 Å². The number of ether oxygens (including phenoxy) is 1. The first-order chi connectivity index (χ1) is 15.7. The van der Waals surface area contributed by atoms with E-state index in [1.807, 2.05) is 4.68 Å². The molecule has 2 heterocycles. The Bertz CT molecular complexity index is 962. The molecule has 0 bridgehead atoms. The topological polar surface area (TPSA) is 65.1 Å². The van der Waals surface area contributed by atoms with Crippen molar-refractivity contribution >= 4 is 0 Å². The first-order valence-electron chi connectivity index (χ1n) is 13.2. The molecule has 2 aromatic heterocycles. The standard InChI is InChI=1S/C29H52N4O2/c1-20(16-32-24(27(6,7)8)14-22(30-32)26(3,4)5)18-35-19-29(12,13)23-15-25(28(9,10)11)33(31-23)17-21(2)34/h14-15,20-21,34H,16-19H2,1-13H3. The molecule has 6 nitrogen and oxygen atoms in total. The van der Waals surface area contributed by atoms with Crippen LogP contribution < -0.4 is 0 Å². The van der Waals surface area contributed by atoms with E-state index in [-0.39, 0.29) is 21.7 Å². The average Bonchev–Trinajstić information content (AvgIpc) is 3.25. The van der Waals surface area contributed by atoms with Crippen LogP contribution in [0.5, 0.6) is 0 Å². The highest BCUT2D eigenvalue weighted by Crippen LogP contribution is 2.31. The van der Waals surface area contributed by atoms with Crippen LogP contribution in [0.25, 0.3) is 0 Å². The van der Waals surface area contributed by atoms with E-state index in [1.165, 1.54) is 5.69 Å². The summed E-state index contributed by atoms with van der Waals surface area (Å²) in [6, 6.07) is 4.45. The summed E-state index contributed by atoms with van der Waals surface area (Å²) in [6.07, 6.45) is -0.442. The minimum Gasteiger partial charge on any atom is -0.391 e. The number of aliphatic hydroxyl groups is 1. The Hall–Kier alpha value is -1.66. The van der Waals surface area contributed by atoms with E-state index in [2.05, 4.69) is 99.9 Å². The molecule has 0 saturated heterocycles. The minimum atomic E-state index is -0.442. The van der Waals surface area contributed by atoms with Gasteiger partial charge in [0.2, 0.25) is 0 Å². The van der Waals surface area contributed by atoms with E-state index in [0.29, 0.717) is 25.7 Å². The molecule has 2 atom stereocenters. The van der Waals surface area contributed by atoms with Gasteiger partial charge >= 0.3 is 0 Å². The third-order valence-corrected chi connectivity index (χ3v) is 6.35. The summed E-state index contributed by atoms with van der Waals surface area (Å²) in [5.41, 5.74) is 4.34. The molecule has 0 spiro atoms. The lowest BCUT2D eigenvalue weighted by Crippen LogP contribution is -2.28. The van der Waals surface area contributed by atoms with Gasteiger partial charge in [-0.3, -0.25) is 9.36 Å². The van der Waals surface area contributed by atoms with E-state index >= 15 is 0 Å². The molecule has 1 N–H and O–H groups in total. The summed E-state index contributed by atoms with van der Waals surface area (Å²) in [6.45, 7) is 30.9. The number of aromatic nitrogens is 4. The highest BCUT2D eigenvalue weighted by molar-refractivity contribution is 5.24. The van der Waals surface area contributed by atoms with Crippen molar-refractivity contribution < 1.29 is 9.84 Å². The Kier molecular flexibility index (Phi) is 8.76. The predicted molar refractivity (Wildman–Crippen MR) is 145 cm³/mol. The van der Waals surface area contributed by atoms with Crippen LogP contribution in [0.3, 0.4) is 0 Å². The van der Waals surface area contributed by atoms with Gasteiger partial charge < -0.3 is 9.84 Å². The van der Waals surface area contributed by atoms with Crippen LogP contribution in [-0.2, 0) is 39.5 Å². The number of hydrogen-bond donors (Lipinski definition) is 1. The van der Waals surface area contributed by atoms with Crippen LogP contribution >= 0.6 is 0 Å². The van der Waals surface area contributed by atoms with Crippen molar-refractivity contribution in [2.24, 2.45) is 5.92 Å². The first kappa shape index (κ1) is 29.6.